The van der Waals surface area contributed by atoms with Gasteiger partial charge in [0.1, 0.15) is 16.8 Å². The molecule has 2 aromatic heterocycles. The lowest BCUT2D eigenvalue weighted by atomic mass is 10.1. The van der Waals surface area contributed by atoms with Gasteiger partial charge in [-0.05, 0) is 29.8 Å². The Labute approximate surface area is 133 Å². The summed E-state index contributed by atoms with van der Waals surface area (Å²) in [5, 5.41) is 1.13. The van der Waals surface area contributed by atoms with E-state index in [0.717, 1.165) is 26.5 Å². The smallest absolute Gasteiger partial charge is 0.223 e. The van der Waals surface area contributed by atoms with Crippen molar-refractivity contribution in [3.05, 3.63) is 58.3 Å². The van der Waals surface area contributed by atoms with Gasteiger partial charge in [0, 0.05) is 15.4 Å². The van der Waals surface area contributed by atoms with Crippen molar-refractivity contribution in [2.24, 2.45) is 0 Å². The van der Waals surface area contributed by atoms with Crippen LogP contribution in [0.5, 0.6) is 0 Å². The average Bonchev–Trinajstić information content (AvgIpc) is 2.85. The summed E-state index contributed by atoms with van der Waals surface area (Å²) >= 11 is 9.56. The van der Waals surface area contributed by atoms with Gasteiger partial charge >= 0.3 is 0 Å². The first kappa shape index (κ1) is 12.8. The fourth-order valence-electron chi connectivity index (χ4n) is 2.38. The summed E-state index contributed by atoms with van der Waals surface area (Å²) in [4.78, 5) is 8.67. The van der Waals surface area contributed by atoms with Crippen molar-refractivity contribution in [3.63, 3.8) is 0 Å². The summed E-state index contributed by atoms with van der Waals surface area (Å²) in [7, 11) is 0. The predicted octanol–water partition coefficient (Wildman–Crippen LogP) is 5.46. The van der Waals surface area contributed by atoms with E-state index < -0.39 is 0 Å². The molecule has 0 N–H and O–H groups in total. The minimum Gasteiger partial charge on any atom is -0.452 e. The number of hydrogen-bond donors (Lipinski definition) is 0. The molecule has 0 aliphatic rings. The van der Waals surface area contributed by atoms with Gasteiger partial charge in [-0.1, -0.05) is 46.3 Å². The zero-order chi connectivity index (χ0) is 14.4. The maximum Gasteiger partial charge on any atom is 0.223 e. The third kappa shape index (κ3) is 2.11. The first-order valence-corrected chi connectivity index (χ1v) is 7.50. The lowest BCUT2D eigenvalue weighted by Crippen LogP contribution is -1.88. The van der Waals surface area contributed by atoms with Gasteiger partial charge in [-0.2, -0.15) is 0 Å². The molecule has 2 heterocycles. The van der Waals surface area contributed by atoms with Crippen LogP contribution in [0, 0.1) is 0 Å². The molecule has 0 unspecified atom stereocenters. The number of nitrogens with zero attached hydrogens (tertiary/aromatic N) is 2. The molecule has 4 rings (SSSR count). The lowest BCUT2D eigenvalue weighted by Gasteiger charge is -2.01. The molecule has 0 aliphatic carbocycles. The molecule has 0 fully saturated rings. The van der Waals surface area contributed by atoms with E-state index in [4.69, 9.17) is 16.0 Å². The van der Waals surface area contributed by atoms with E-state index in [1.165, 1.54) is 0 Å². The van der Waals surface area contributed by atoms with Crippen LogP contribution in [0.4, 0.5) is 0 Å². The van der Waals surface area contributed by atoms with Crippen molar-refractivity contribution in [2.45, 2.75) is 0 Å². The third-order valence-corrected chi connectivity index (χ3v) is 3.96. The largest absolute Gasteiger partial charge is 0.452 e. The molecule has 0 saturated heterocycles. The van der Waals surface area contributed by atoms with Crippen molar-refractivity contribution in [2.75, 3.05) is 0 Å². The zero-order valence-electron chi connectivity index (χ0n) is 10.7. The first-order valence-electron chi connectivity index (χ1n) is 6.33. The third-order valence-electron chi connectivity index (χ3n) is 3.29. The number of aromatic nitrogens is 2. The van der Waals surface area contributed by atoms with E-state index >= 15 is 0 Å². The molecule has 0 amide bonds. The van der Waals surface area contributed by atoms with Crippen LogP contribution in [0.15, 0.2) is 57.4 Å². The van der Waals surface area contributed by atoms with E-state index in [0.29, 0.717) is 11.3 Å². The molecule has 4 aromatic rings. The van der Waals surface area contributed by atoms with Crippen LogP contribution in [0.1, 0.15) is 0 Å². The Balaban J connectivity index is 2.15. The molecule has 0 aliphatic heterocycles. The molecule has 21 heavy (non-hydrogen) atoms. The Morgan fingerprint density at radius 2 is 1.81 bits per heavy atom. The Hall–Kier alpha value is -1.91. The van der Waals surface area contributed by atoms with Gasteiger partial charge < -0.3 is 4.42 Å². The average molecular weight is 360 g/mol. The molecule has 102 valence electrons. The topological polar surface area (TPSA) is 38.9 Å². The van der Waals surface area contributed by atoms with Crippen LogP contribution in [-0.2, 0) is 0 Å². The normalized spacial score (nSPS) is 11.3. The van der Waals surface area contributed by atoms with E-state index in [1.807, 2.05) is 48.5 Å². The van der Waals surface area contributed by atoms with Crippen LogP contribution in [0.25, 0.3) is 33.3 Å². The van der Waals surface area contributed by atoms with Crippen LogP contribution < -0.4 is 0 Å². The van der Waals surface area contributed by atoms with E-state index in [1.54, 1.807) is 0 Å². The summed E-state index contributed by atoms with van der Waals surface area (Å²) in [5.74, 6) is 0. The second kappa shape index (κ2) is 4.83. The van der Waals surface area contributed by atoms with Gasteiger partial charge in [0.25, 0.3) is 0 Å². The monoisotopic (exact) mass is 358 g/mol. The SMILES string of the molecule is Clc1nc(-c2ccccc2)c2oc3ccc(Br)cc3c2n1. The lowest BCUT2D eigenvalue weighted by molar-refractivity contribution is 0.667. The second-order valence-electron chi connectivity index (χ2n) is 4.63. The molecule has 5 heteroatoms. The van der Waals surface area contributed by atoms with Crippen LogP contribution in [0.3, 0.4) is 0 Å². The number of fused-ring (bicyclic) bond motifs is 3. The molecule has 0 saturated carbocycles. The van der Waals surface area contributed by atoms with Gasteiger partial charge in [-0.15, -0.1) is 0 Å². The summed E-state index contributed by atoms with van der Waals surface area (Å²) in [6, 6.07) is 15.6. The molecule has 2 aromatic carbocycles. The quantitative estimate of drug-likeness (QED) is 0.424. The molecular formula is C16H8BrClN2O. The number of benzene rings is 2. The Bertz CT molecular complexity index is 966. The predicted molar refractivity (Wildman–Crippen MR) is 87.5 cm³/mol. The highest BCUT2D eigenvalue weighted by atomic mass is 79.9. The van der Waals surface area contributed by atoms with Gasteiger partial charge in [-0.25, -0.2) is 9.97 Å². The number of rotatable bonds is 1. The van der Waals surface area contributed by atoms with Crippen molar-refractivity contribution < 1.29 is 4.42 Å². The Morgan fingerprint density at radius 3 is 2.62 bits per heavy atom. The highest BCUT2D eigenvalue weighted by molar-refractivity contribution is 9.10. The minimum atomic E-state index is 0.212. The van der Waals surface area contributed by atoms with Crippen molar-refractivity contribution in [1.82, 2.24) is 9.97 Å². The Morgan fingerprint density at radius 1 is 1.00 bits per heavy atom. The van der Waals surface area contributed by atoms with Crippen molar-refractivity contribution in [1.29, 1.82) is 0 Å². The minimum absolute atomic E-state index is 0.212. The molecular weight excluding hydrogens is 352 g/mol. The summed E-state index contributed by atoms with van der Waals surface area (Å²) < 4.78 is 6.91. The summed E-state index contributed by atoms with van der Waals surface area (Å²) in [5.41, 5.74) is 3.80. The molecule has 0 spiro atoms. The zero-order valence-corrected chi connectivity index (χ0v) is 13.0. The van der Waals surface area contributed by atoms with Crippen molar-refractivity contribution >= 4 is 49.6 Å². The summed E-state index contributed by atoms with van der Waals surface area (Å²) in [6.07, 6.45) is 0. The maximum absolute atomic E-state index is 6.10. The number of furan rings is 1. The van der Waals surface area contributed by atoms with Crippen LogP contribution >= 0.6 is 27.5 Å². The second-order valence-corrected chi connectivity index (χ2v) is 5.88. The summed E-state index contributed by atoms with van der Waals surface area (Å²) in [6.45, 7) is 0. The number of hydrogen-bond acceptors (Lipinski definition) is 3. The standard InChI is InChI=1S/C16H8BrClN2O/c17-10-6-7-12-11(8-10)14-15(21-12)13(19-16(18)20-14)9-4-2-1-3-5-9/h1-8H. The van der Waals surface area contributed by atoms with E-state index in [2.05, 4.69) is 25.9 Å². The van der Waals surface area contributed by atoms with Crippen molar-refractivity contribution in [3.8, 4) is 11.3 Å². The van der Waals surface area contributed by atoms with Gasteiger partial charge in [0.2, 0.25) is 5.28 Å². The molecule has 0 bridgehead atoms. The molecule has 0 radical (unpaired) electrons. The van der Waals surface area contributed by atoms with Crippen LogP contribution in [-0.4, -0.2) is 9.97 Å². The van der Waals surface area contributed by atoms with E-state index in [-0.39, 0.29) is 5.28 Å². The molecule has 0 atom stereocenters. The Kier molecular flexibility index (Phi) is 2.94. The fourth-order valence-corrected chi connectivity index (χ4v) is 2.91. The first-order chi connectivity index (χ1) is 10.2. The fraction of sp³-hybridized carbons (Fsp3) is 0. The highest BCUT2D eigenvalue weighted by Gasteiger charge is 2.16. The van der Waals surface area contributed by atoms with E-state index in [9.17, 15) is 0 Å². The molecule has 3 nitrogen and oxygen atoms in total. The van der Waals surface area contributed by atoms with Gasteiger partial charge in [-0.3, -0.25) is 0 Å². The highest BCUT2D eigenvalue weighted by Crippen LogP contribution is 2.35. The van der Waals surface area contributed by atoms with Gasteiger partial charge in [0.15, 0.2) is 5.58 Å². The maximum atomic E-state index is 6.10. The van der Waals surface area contributed by atoms with Gasteiger partial charge in [0.05, 0.1) is 0 Å². The van der Waals surface area contributed by atoms with Crippen LogP contribution in [0.2, 0.25) is 5.28 Å². The number of halogens is 2.